The smallest absolute Gasteiger partial charge is 0.409 e. The molecule has 2 aromatic rings. The van der Waals surface area contributed by atoms with Crippen LogP contribution in [0.1, 0.15) is 30.4 Å². The lowest BCUT2D eigenvalue weighted by Gasteiger charge is -2.22. The van der Waals surface area contributed by atoms with E-state index in [9.17, 15) is 9.90 Å². The van der Waals surface area contributed by atoms with Gasteiger partial charge in [0, 0.05) is 24.4 Å². The lowest BCUT2D eigenvalue weighted by Crippen LogP contribution is -2.33. The van der Waals surface area contributed by atoms with Crippen molar-refractivity contribution in [2.75, 3.05) is 26.3 Å². The van der Waals surface area contributed by atoms with Crippen LogP contribution in [0.4, 0.5) is 4.79 Å². The first-order valence-corrected chi connectivity index (χ1v) is 8.82. The van der Waals surface area contributed by atoms with Crippen molar-refractivity contribution in [3.05, 3.63) is 59.7 Å². The average molecular weight is 337 g/mol. The van der Waals surface area contributed by atoms with E-state index in [4.69, 9.17) is 4.74 Å². The SMILES string of the molecule is CC1(CO)CCN(C(=O)OCC2c3ccccc3-c3ccccc32)C1. The van der Waals surface area contributed by atoms with Crippen molar-refractivity contribution >= 4 is 6.09 Å². The lowest BCUT2D eigenvalue weighted by atomic mass is 9.91. The van der Waals surface area contributed by atoms with Gasteiger partial charge in [-0.25, -0.2) is 4.79 Å². The maximum atomic E-state index is 12.5. The molecule has 25 heavy (non-hydrogen) atoms. The number of hydrogen-bond donors (Lipinski definition) is 1. The van der Waals surface area contributed by atoms with E-state index in [-0.39, 0.29) is 24.0 Å². The highest BCUT2D eigenvalue weighted by Gasteiger charge is 2.37. The van der Waals surface area contributed by atoms with Gasteiger partial charge in [-0.3, -0.25) is 0 Å². The van der Waals surface area contributed by atoms with Gasteiger partial charge in [-0.2, -0.15) is 0 Å². The highest BCUT2D eigenvalue weighted by Crippen LogP contribution is 2.44. The van der Waals surface area contributed by atoms with Crippen LogP contribution >= 0.6 is 0 Å². The van der Waals surface area contributed by atoms with E-state index in [1.54, 1.807) is 4.90 Å². The fraction of sp³-hybridized carbons (Fsp3) is 0.381. The zero-order valence-corrected chi connectivity index (χ0v) is 14.4. The van der Waals surface area contributed by atoms with Gasteiger partial charge in [0.1, 0.15) is 6.61 Å². The Bertz CT molecular complexity index is 758. The molecule has 4 rings (SSSR count). The highest BCUT2D eigenvalue weighted by molar-refractivity contribution is 5.79. The molecular formula is C21H23NO3. The quantitative estimate of drug-likeness (QED) is 0.930. The van der Waals surface area contributed by atoms with E-state index in [0.717, 1.165) is 6.42 Å². The molecule has 130 valence electrons. The summed E-state index contributed by atoms with van der Waals surface area (Å²) >= 11 is 0. The van der Waals surface area contributed by atoms with Crippen LogP contribution in [0.15, 0.2) is 48.5 Å². The average Bonchev–Trinajstić information content (AvgIpc) is 3.19. The molecule has 0 radical (unpaired) electrons. The fourth-order valence-corrected chi connectivity index (χ4v) is 3.99. The van der Waals surface area contributed by atoms with Gasteiger partial charge in [-0.1, -0.05) is 55.5 Å². The molecule has 4 heteroatoms. The van der Waals surface area contributed by atoms with Crippen molar-refractivity contribution in [1.29, 1.82) is 0 Å². The maximum Gasteiger partial charge on any atom is 0.409 e. The summed E-state index contributed by atoms with van der Waals surface area (Å²) in [6.45, 7) is 3.65. The molecule has 0 aromatic heterocycles. The topological polar surface area (TPSA) is 49.8 Å². The largest absolute Gasteiger partial charge is 0.448 e. The van der Waals surface area contributed by atoms with Crippen molar-refractivity contribution in [3.63, 3.8) is 0 Å². The van der Waals surface area contributed by atoms with Crippen molar-refractivity contribution in [3.8, 4) is 11.1 Å². The lowest BCUT2D eigenvalue weighted by molar-refractivity contribution is 0.0967. The Morgan fingerprint density at radius 1 is 1.16 bits per heavy atom. The molecular weight excluding hydrogens is 314 g/mol. The number of rotatable bonds is 3. The Kier molecular flexibility index (Phi) is 4.00. The van der Waals surface area contributed by atoms with Gasteiger partial charge >= 0.3 is 6.09 Å². The zero-order valence-electron chi connectivity index (χ0n) is 14.4. The van der Waals surface area contributed by atoms with E-state index in [0.29, 0.717) is 19.7 Å². The number of aliphatic hydroxyl groups excluding tert-OH is 1. The number of hydrogen-bond acceptors (Lipinski definition) is 3. The van der Waals surface area contributed by atoms with Gasteiger partial charge in [-0.05, 0) is 28.7 Å². The number of carbonyl (C=O) groups excluding carboxylic acids is 1. The van der Waals surface area contributed by atoms with Gasteiger partial charge in [0.2, 0.25) is 0 Å². The third-order valence-electron chi connectivity index (χ3n) is 5.53. The molecule has 1 aliphatic heterocycles. The summed E-state index contributed by atoms with van der Waals surface area (Å²) in [7, 11) is 0. The van der Waals surface area contributed by atoms with Crippen LogP contribution in [-0.2, 0) is 4.74 Å². The molecule has 4 nitrogen and oxygen atoms in total. The molecule has 1 fully saturated rings. The summed E-state index contributed by atoms with van der Waals surface area (Å²) in [5.41, 5.74) is 4.70. The Morgan fingerprint density at radius 3 is 2.32 bits per heavy atom. The molecule has 1 unspecified atom stereocenters. The van der Waals surface area contributed by atoms with Crippen LogP contribution in [0.2, 0.25) is 0 Å². The van der Waals surface area contributed by atoms with Crippen molar-refractivity contribution in [2.45, 2.75) is 19.3 Å². The summed E-state index contributed by atoms with van der Waals surface area (Å²) in [6, 6.07) is 16.7. The molecule has 1 heterocycles. The molecule has 1 N–H and O–H groups in total. The number of nitrogens with zero attached hydrogens (tertiary/aromatic N) is 1. The number of fused-ring (bicyclic) bond motifs is 3. The van der Waals surface area contributed by atoms with Crippen molar-refractivity contribution in [1.82, 2.24) is 4.90 Å². The third kappa shape index (κ3) is 2.81. The first-order chi connectivity index (χ1) is 12.1. The molecule has 1 amide bonds. The van der Waals surface area contributed by atoms with E-state index in [2.05, 4.69) is 24.3 Å². The Labute approximate surface area is 148 Å². The minimum Gasteiger partial charge on any atom is -0.448 e. The fourth-order valence-electron chi connectivity index (χ4n) is 3.99. The van der Waals surface area contributed by atoms with Gasteiger partial charge in [-0.15, -0.1) is 0 Å². The van der Waals surface area contributed by atoms with Gasteiger partial charge in [0.05, 0.1) is 6.61 Å². The van der Waals surface area contributed by atoms with Crippen LogP contribution in [0, 0.1) is 5.41 Å². The molecule has 1 saturated heterocycles. The van der Waals surface area contributed by atoms with Crippen molar-refractivity contribution in [2.24, 2.45) is 5.41 Å². The molecule has 2 aromatic carbocycles. The van der Waals surface area contributed by atoms with Crippen LogP contribution < -0.4 is 0 Å². The molecule has 1 atom stereocenters. The third-order valence-corrected chi connectivity index (χ3v) is 5.53. The molecule has 2 aliphatic rings. The Morgan fingerprint density at radius 2 is 1.76 bits per heavy atom. The van der Waals surface area contributed by atoms with Gasteiger partial charge in [0.25, 0.3) is 0 Å². The standard InChI is InChI=1S/C21H23NO3/c1-21(14-23)10-11-22(13-21)20(24)25-12-19-17-8-4-2-6-15(17)16-7-3-5-9-18(16)19/h2-9,19,23H,10-14H2,1H3. The highest BCUT2D eigenvalue weighted by atomic mass is 16.6. The molecule has 0 saturated carbocycles. The van der Waals surface area contributed by atoms with E-state index >= 15 is 0 Å². The molecule has 0 spiro atoms. The van der Waals surface area contributed by atoms with Crippen LogP contribution in [0.25, 0.3) is 11.1 Å². The van der Waals surface area contributed by atoms with Crippen LogP contribution in [0.5, 0.6) is 0 Å². The predicted octanol–water partition coefficient (Wildman–Crippen LogP) is 3.64. The number of amides is 1. The number of carbonyl (C=O) groups is 1. The van der Waals surface area contributed by atoms with Gasteiger partial charge < -0.3 is 14.7 Å². The summed E-state index contributed by atoms with van der Waals surface area (Å²) in [4.78, 5) is 14.2. The summed E-state index contributed by atoms with van der Waals surface area (Å²) in [5.74, 6) is 0.0863. The first kappa shape index (κ1) is 16.2. The maximum absolute atomic E-state index is 12.5. The number of ether oxygens (including phenoxy) is 1. The monoisotopic (exact) mass is 337 g/mol. The molecule has 1 aliphatic carbocycles. The minimum atomic E-state index is -0.279. The molecule has 0 bridgehead atoms. The van der Waals surface area contributed by atoms with Crippen LogP contribution in [-0.4, -0.2) is 42.4 Å². The Balaban J connectivity index is 1.49. The zero-order chi connectivity index (χ0) is 17.4. The van der Waals surface area contributed by atoms with E-state index < -0.39 is 0 Å². The van der Waals surface area contributed by atoms with Crippen LogP contribution in [0.3, 0.4) is 0 Å². The summed E-state index contributed by atoms with van der Waals surface area (Å²) in [6.07, 6.45) is 0.535. The minimum absolute atomic E-state index is 0.0863. The summed E-state index contributed by atoms with van der Waals surface area (Å²) in [5, 5.41) is 9.47. The number of likely N-dealkylation sites (tertiary alicyclic amines) is 1. The van der Waals surface area contributed by atoms with E-state index in [1.807, 2.05) is 31.2 Å². The number of aliphatic hydroxyl groups is 1. The predicted molar refractivity (Wildman–Crippen MR) is 96.5 cm³/mol. The second-order valence-electron chi connectivity index (χ2n) is 7.44. The second kappa shape index (κ2) is 6.19. The second-order valence-corrected chi connectivity index (χ2v) is 7.44. The summed E-state index contributed by atoms with van der Waals surface area (Å²) < 4.78 is 5.67. The normalized spacial score (nSPS) is 21.9. The van der Waals surface area contributed by atoms with E-state index in [1.165, 1.54) is 22.3 Å². The van der Waals surface area contributed by atoms with Crippen molar-refractivity contribution < 1.29 is 14.6 Å². The Hall–Kier alpha value is -2.33. The first-order valence-electron chi connectivity index (χ1n) is 8.82. The van der Waals surface area contributed by atoms with Gasteiger partial charge in [0.15, 0.2) is 0 Å². The number of benzene rings is 2.